The summed E-state index contributed by atoms with van der Waals surface area (Å²) in [6, 6.07) is 9.06. The topological polar surface area (TPSA) is 24.1 Å². The molecule has 0 radical (unpaired) electrons. The third kappa shape index (κ3) is 2.91. The molecule has 1 aromatic carbocycles. The van der Waals surface area contributed by atoms with Gasteiger partial charge >= 0.3 is 0 Å². The van der Waals surface area contributed by atoms with Crippen LogP contribution in [0.2, 0.25) is 0 Å². The molecule has 0 saturated carbocycles. The second-order valence-electron chi connectivity index (χ2n) is 4.62. The fourth-order valence-electron chi connectivity index (χ4n) is 2.26. The number of benzene rings is 1. The van der Waals surface area contributed by atoms with Gasteiger partial charge in [-0.15, -0.1) is 0 Å². The van der Waals surface area contributed by atoms with Crippen molar-refractivity contribution in [3.05, 3.63) is 24.3 Å². The maximum absolute atomic E-state index is 3.61. The molecule has 1 atom stereocenters. The van der Waals surface area contributed by atoms with Gasteiger partial charge in [-0.1, -0.05) is 44.7 Å². The molecule has 1 aliphatic rings. The number of hydrogen-bond acceptors (Lipinski definition) is 2. The van der Waals surface area contributed by atoms with Crippen molar-refractivity contribution in [2.24, 2.45) is 0 Å². The molecule has 1 aliphatic heterocycles. The molecule has 2 N–H and O–H groups in total. The van der Waals surface area contributed by atoms with E-state index in [0.717, 1.165) is 6.54 Å². The molecule has 0 amide bonds. The van der Waals surface area contributed by atoms with Gasteiger partial charge in [0.25, 0.3) is 0 Å². The highest BCUT2D eigenvalue weighted by Gasteiger charge is 2.15. The molecule has 16 heavy (non-hydrogen) atoms. The number of unbranched alkanes of at least 4 members (excludes halogenated alkanes) is 3. The zero-order valence-electron chi connectivity index (χ0n) is 10.1. The van der Waals surface area contributed by atoms with Crippen molar-refractivity contribution in [1.82, 2.24) is 0 Å². The molecule has 0 bridgehead atoms. The van der Waals surface area contributed by atoms with Gasteiger partial charge < -0.3 is 10.6 Å². The van der Waals surface area contributed by atoms with E-state index in [9.17, 15) is 0 Å². The SMILES string of the molecule is CCCCCCC1CNc2ccccc2N1. The van der Waals surface area contributed by atoms with Gasteiger partial charge in [0.05, 0.1) is 11.4 Å². The number of nitrogens with one attached hydrogen (secondary N) is 2. The van der Waals surface area contributed by atoms with Crippen molar-refractivity contribution in [3.63, 3.8) is 0 Å². The number of para-hydroxylation sites is 2. The number of hydrogen-bond donors (Lipinski definition) is 2. The van der Waals surface area contributed by atoms with Crippen LogP contribution in [0.3, 0.4) is 0 Å². The molecule has 0 spiro atoms. The highest BCUT2D eigenvalue weighted by atomic mass is 15.1. The molecule has 1 aromatic rings. The number of rotatable bonds is 5. The van der Waals surface area contributed by atoms with Crippen LogP contribution in [0.4, 0.5) is 11.4 Å². The predicted molar refractivity (Wildman–Crippen MR) is 71.1 cm³/mol. The highest BCUT2D eigenvalue weighted by Crippen LogP contribution is 2.26. The molecule has 88 valence electrons. The van der Waals surface area contributed by atoms with Crippen LogP contribution in [-0.4, -0.2) is 12.6 Å². The zero-order chi connectivity index (χ0) is 11.2. The van der Waals surface area contributed by atoms with Crippen molar-refractivity contribution in [2.75, 3.05) is 17.2 Å². The van der Waals surface area contributed by atoms with E-state index in [1.165, 1.54) is 43.5 Å². The predicted octanol–water partition coefficient (Wildman–Crippen LogP) is 3.86. The third-order valence-corrected chi connectivity index (χ3v) is 3.23. The van der Waals surface area contributed by atoms with Gasteiger partial charge in [0.1, 0.15) is 0 Å². The van der Waals surface area contributed by atoms with Crippen LogP contribution < -0.4 is 10.6 Å². The Labute approximate surface area is 98.4 Å². The summed E-state index contributed by atoms with van der Waals surface area (Å²) in [7, 11) is 0. The summed E-state index contributed by atoms with van der Waals surface area (Å²) in [5.41, 5.74) is 2.50. The van der Waals surface area contributed by atoms with Gasteiger partial charge in [-0.3, -0.25) is 0 Å². The Morgan fingerprint density at radius 2 is 1.94 bits per heavy atom. The van der Waals surface area contributed by atoms with Crippen LogP contribution in [0.5, 0.6) is 0 Å². The largest absolute Gasteiger partial charge is 0.381 e. The smallest absolute Gasteiger partial charge is 0.0578 e. The minimum atomic E-state index is 0.603. The van der Waals surface area contributed by atoms with Gasteiger partial charge in [0, 0.05) is 12.6 Å². The summed E-state index contributed by atoms with van der Waals surface area (Å²) in [5, 5.41) is 7.10. The molecule has 2 rings (SSSR count). The standard InChI is InChI=1S/C14H22N2/c1-2-3-4-5-8-12-11-15-13-9-6-7-10-14(13)16-12/h6-7,9-10,12,15-16H,2-5,8,11H2,1H3. The lowest BCUT2D eigenvalue weighted by atomic mass is 10.0. The van der Waals surface area contributed by atoms with Crippen molar-refractivity contribution in [1.29, 1.82) is 0 Å². The molecule has 2 heteroatoms. The Kier molecular flexibility index (Phi) is 4.09. The lowest BCUT2D eigenvalue weighted by molar-refractivity contribution is 0.579. The van der Waals surface area contributed by atoms with E-state index in [0.29, 0.717) is 6.04 Å². The molecule has 1 heterocycles. The summed E-state index contributed by atoms with van der Waals surface area (Å²) in [5.74, 6) is 0. The van der Waals surface area contributed by atoms with Crippen LogP contribution in [-0.2, 0) is 0 Å². The van der Waals surface area contributed by atoms with E-state index in [4.69, 9.17) is 0 Å². The van der Waals surface area contributed by atoms with Gasteiger partial charge in [-0.05, 0) is 18.6 Å². The third-order valence-electron chi connectivity index (χ3n) is 3.23. The van der Waals surface area contributed by atoms with E-state index in [-0.39, 0.29) is 0 Å². The maximum Gasteiger partial charge on any atom is 0.0578 e. The monoisotopic (exact) mass is 218 g/mol. The molecule has 0 saturated heterocycles. The Morgan fingerprint density at radius 1 is 1.12 bits per heavy atom. The summed E-state index contributed by atoms with van der Waals surface area (Å²) in [6.07, 6.45) is 6.68. The lowest BCUT2D eigenvalue weighted by Crippen LogP contribution is -2.32. The highest BCUT2D eigenvalue weighted by molar-refractivity contribution is 5.70. The first-order valence-electron chi connectivity index (χ1n) is 6.49. The molecular formula is C14H22N2. The first-order valence-corrected chi connectivity index (χ1v) is 6.49. The Bertz CT molecular complexity index is 322. The van der Waals surface area contributed by atoms with E-state index in [1.807, 2.05) is 0 Å². The minimum absolute atomic E-state index is 0.603. The zero-order valence-corrected chi connectivity index (χ0v) is 10.1. The van der Waals surface area contributed by atoms with Crippen molar-refractivity contribution in [3.8, 4) is 0 Å². The molecule has 0 aromatic heterocycles. The van der Waals surface area contributed by atoms with Crippen molar-refractivity contribution >= 4 is 11.4 Å². The van der Waals surface area contributed by atoms with Crippen molar-refractivity contribution < 1.29 is 0 Å². The molecular weight excluding hydrogens is 196 g/mol. The number of anilines is 2. The molecule has 0 aliphatic carbocycles. The van der Waals surface area contributed by atoms with Crippen LogP contribution >= 0.6 is 0 Å². The maximum atomic E-state index is 3.61. The summed E-state index contributed by atoms with van der Waals surface area (Å²) in [4.78, 5) is 0. The second kappa shape index (κ2) is 5.78. The lowest BCUT2D eigenvalue weighted by Gasteiger charge is -2.28. The van der Waals surface area contributed by atoms with E-state index < -0.39 is 0 Å². The quantitative estimate of drug-likeness (QED) is 0.733. The second-order valence-corrected chi connectivity index (χ2v) is 4.62. The summed E-state index contributed by atoms with van der Waals surface area (Å²) in [6.45, 7) is 3.32. The van der Waals surface area contributed by atoms with E-state index in [2.05, 4.69) is 41.8 Å². The summed E-state index contributed by atoms with van der Waals surface area (Å²) < 4.78 is 0. The number of fused-ring (bicyclic) bond motifs is 1. The Hall–Kier alpha value is -1.18. The normalized spacial score (nSPS) is 18.4. The van der Waals surface area contributed by atoms with Crippen LogP contribution in [0.1, 0.15) is 39.0 Å². The Morgan fingerprint density at radius 3 is 2.75 bits per heavy atom. The minimum Gasteiger partial charge on any atom is -0.381 e. The Balaban J connectivity index is 1.79. The van der Waals surface area contributed by atoms with Gasteiger partial charge in [0.2, 0.25) is 0 Å². The molecule has 2 nitrogen and oxygen atoms in total. The first-order chi connectivity index (χ1) is 7.90. The fraction of sp³-hybridized carbons (Fsp3) is 0.571. The van der Waals surface area contributed by atoms with Gasteiger partial charge in [-0.25, -0.2) is 0 Å². The van der Waals surface area contributed by atoms with Crippen LogP contribution in [0.25, 0.3) is 0 Å². The van der Waals surface area contributed by atoms with E-state index in [1.54, 1.807) is 0 Å². The average molecular weight is 218 g/mol. The van der Waals surface area contributed by atoms with Gasteiger partial charge in [0.15, 0.2) is 0 Å². The summed E-state index contributed by atoms with van der Waals surface area (Å²) >= 11 is 0. The van der Waals surface area contributed by atoms with Crippen LogP contribution in [0, 0.1) is 0 Å². The van der Waals surface area contributed by atoms with Crippen LogP contribution in [0.15, 0.2) is 24.3 Å². The van der Waals surface area contributed by atoms with E-state index >= 15 is 0 Å². The molecule has 1 unspecified atom stereocenters. The van der Waals surface area contributed by atoms with Gasteiger partial charge in [-0.2, -0.15) is 0 Å². The molecule has 0 fully saturated rings. The van der Waals surface area contributed by atoms with Crippen molar-refractivity contribution in [2.45, 2.75) is 45.1 Å². The average Bonchev–Trinajstić information content (AvgIpc) is 2.34. The first kappa shape index (κ1) is 11.3. The fourth-order valence-corrected chi connectivity index (χ4v) is 2.26.